The van der Waals surface area contributed by atoms with Crippen LogP contribution in [0.3, 0.4) is 0 Å². The number of carbonyl (C=O) groups is 1. The third-order valence-corrected chi connectivity index (χ3v) is 5.08. The van der Waals surface area contributed by atoms with Gasteiger partial charge in [-0.1, -0.05) is 48.9 Å². The molecule has 1 saturated heterocycles. The van der Waals surface area contributed by atoms with Crippen LogP contribution in [-0.2, 0) is 17.9 Å². The molecule has 1 N–H and O–H groups in total. The molecule has 0 spiro atoms. The average Bonchev–Trinajstić information content (AvgIpc) is 2.69. The smallest absolute Gasteiger partial charge is 0.261 e. The van der Waals surface area contributed by atoms with Gasteiger partial charge in [0.1, 0.15) is 5.75 Å². The van der Waals surface area contributed by atoms with Crippen molar-refractivity contribution in [3.63, 3.8) is 0 Å². The molecule has 144 valence electrons. The van der Waals surface area contributed by atoms with E-state index in [9.17, 15) is 4.79 Å². The van der Waals surface area contributed by atoms with Crippen molar-refractivity contribution in [2.75, 3.05) is 13.1 Å². The lowest BCUT2D eigenvalue weighted by molar-refractivity contribution is -0.127. The first-order valence-electron chi connectivity index (χ1n) is 9.92. The van der Waals surface area contributed by atoms with E-state index in [4.69, 9.17) is 4.74 Å². The zero-order chi connectivity index (χ0) is 19.1. The van der Waals surface area contributed by atoms with Crippen LogP contribution in [0.1, 0.15) is 42.9 Å². The largest absolute Gasteiger partial charge is 0.481 e. The second kappa shape index (κ2) is 9.56. The maximum absolute atomic E-state index is 12.4. The van der Waals surface area contributed by atoms with Crippen LogP contribution in [0.4, 0.5) is 0 Å². The van der Waals surface area contributed by atoms with E-state index in [1.807, 2.05) is 31.2 Å². The molecular weight excluding hydrogens is 336 g/mol. The molecule has 0 aliphatic carbocycles. The molecule has 0 unspecified atom stereocenters. The molecule has 0 saturated carbocycles. The number of hydrogen-bond acceptors (Lipinski definition) is 3. The first-order chi connectivity index (χ1) is 13.1. The third kappa shape index (κ3) is 5.83. The number of likely N-dealkylation sites (tertiary alicyclic amines) is 1. The fraction of sp³-hybridized carbons (Fsp3) is 0.435. The van der Waals surface area contributed by atoms with Crippen LogP contribution in [0.25, 0.3) is 0 Å². The summed E-state index contributed by atoms with van der Waals surface area (Å²) < 4.78 is 5.80. The molecule has 1 aliphatic rings. The highest BCUT2D eigenvalue weighted by atomic mass is 16.5. The molecule has 1 aliphatic heterocycles. The predicted octanol–water partition coefficient (Wildman–Crippen LogP) is 4.06. The van der Waals surface area contributed by atoms with Crippen molar-refractivity contribution in [2.45, 2.75) is 52.3 Å². The van der Waals surface area contributed by atoms with Crippen LogP contribution < -0.4 is 10.1 Å². The van der Waals surface area contributed by atoms with Crippen molar-refractivity contribution < 1.29 is 9.53 Å². The van der Waals surface area contributed by atoms with Crippen molar-refractivity contribution >= 4 is 5.91 Å². The molecule has 2 aromatic rings. The van der Waals surface area contributed by atoms with Crippen molar-refractivity contribution in [1.82, 2.24) is 10.2 Å². The lowest BCUT2D eigenvalue weighted by Gasteiger charge is -2.26. The molecule has 1 heterocycles. The van der Waals surface area contributed by atoms with E-state index >= 15 is 0 Å². The summed E-state index contributed by atoms with van der Waals surface area (Å²) in [4.78, 5) is 14.9. The number of nitrogens with one attached hydrogen (secondary N) is 1. The highest BCUT2D eigenvalue weighted by Gasteiger charge is 2.15. The van der Waals surface area contributed by atoms with E-state index in [1.165, 1.54) is 37.9 Å². The third-order valence-electron chi connectivity index (χ3n) is 5.08. The van der Waals surface area contributed by atoms with E-state index in [0.29, 0.717) is 6.54 Å². The number of benzene rings is 2. The van der Waals surface area contributed by atoms with Gasteiger partial charge in [-0.15, -0.1) is 0 Å². The molecule has 2 aromatic carbocycles. The number of amides is 1. The zero-order valence-corrected chi connectivity index (χ0v) is 16.4. The molecule has 27 heavy (non-hydrogen) atoms. The van der Waals surface area contributed by atoms with E-state index in [2.05, 4.69) is 34.5 Å². The number of piperidine rings is 1. The number of nitrogens with zero attached hydrogens (tertiary/aromatic N) is 1. The van der Waals surface area contributed by atoms with Crippen LogP contribution in [0.15, 0.2) is 48.5 Å². The lowest BCUT2D eigenvalue weighted by atomic mass is 10.1. The fourth-order valence-corrected chi connectivity index (χ4v) is 3.48. The summed E-state index contributed by atoms with van der Waals surface area (Å²) in [5.74, 6) is 0.656. The van der Waals surface area contributed by atoms with Gasteiger partial charge in [0, 0.05) is 13.1 Å². The summed E-state index contributed by atoms with van der Waals surface area (Å²) in [6.45, 7) is 7.66. The Bertz CT molecular complexity index is 754. The van der Waals surface area contributed by atoms with Gasteiger partial charge in [-0.3, -0.25) is 9.69 Å². The Labute approximate surface area is 162 Å². The van der Waals surface area contributed by atoms with Crippen molar-refractivity contribution in [1.29, 1.82) is 0 Å². The number of ether oxygens (including phenoxy) is 1. The molecular formula is C23H30N2O2. The molecule has 1 amide bonds. The number of rotatable bonds is 7. The quantitative estimate of drug-likeness (QED) is 0.803. The maximum Gasteiger partial charge on any atom is 0.261 e. The minimum Gasteiger partial charge on any atom is -0.481 e. The van der Waals surface area contributed by atoms with Crippen molar-refractivity contribution in [3.8, 4) is 5.75 Å². The molecule has 1 fully saturated rings. The fourth-order valence-electron chi connectivity index (χ4n) is 3.48. The summed E-state index contributed by atoms with van der Waals surface area (Å²) in [5.41, 5.74) is 3.47. The Balaban J connectivity index is 1.50. The highest BCUT2D eigenvalue weighted by molar-refractivity contribution is 5.80. The molecule has 0 bridgehead atoms. The van der Waals surface area contributed by atoms with E-state index in [0.717, 1.165) is 23.4 Å². The minimum atomic E-state index is -0.525. The number of aryl methyl sites for hydroxylation is 1. The Kier molecular flexibility index (Phi) is 6.88. The number of para-hydroxylation sites is 1. The van der Waals surface area contributed by atoms with Gasteiger partial charge in [-0.05, 0) is 62.5 Å². The van der Waals surface area contributed by atoms with Gasteiger partial charge in [0.2, 0.25) is 0 Å². The van der Waals surface area contributed by atoms with Crippen molar-refractivity contribution in [2.24, 2.45) is 0 Å². The topological polar surface area (TPSA) is 41.6 Å². The van der Waals surface area contributed by atoms with Crippen LogP contribution in [0.5, 0.6) is 5.75 Å². The standard InChI is InChI=1S/C23H30N2O2/c1-18-9-4-5-12-22(18)27-19(2)23(26)24-16-20-10-8-11-21(15-20)17-25-13-6-3-7-14-25/h4-5,8-12,15,19H,3,6-7,13-14,16-17H2,1-2H3,(H,24,26)/t19-/m0/s1. The van der Waals surface area contributed by atoms with Gasteiger partial charge in [0.05, 0.1) is 0 Å². The van der Waals surface area contributed by atoms with E-state index in [-0.39, 0.29) is 5.91 Å². The second-order valence-corrected chi connectivity index (χ2v) is 7.40. The maximum atomic E-state index is 12.4. The molecule has 1 atom stereocenters. The van der Waals surface area contributed by atoms with Gasteiger partial charge in [0.25, 0.3) is 5.91 Å². The SMILES string of the molecule is Cc1ccccc1O[C@@H](C)C(=O)NCc1cccc(CN2CCCCC2)c1. The summed E-state index contributed by atoms with van der Waals surface area (Å²) in [6, 6.07) is 16.3. The lowest BCUT2D eigenvalue weighted by Crippen LogP contribution is -2.36. The summed E-state index contributed by atoms with van der Waals surface area (Å²) in [5, 5.41) is 2.99. The molecule has 4 heteroatoms. The monoisotopic (exact) mass is 366 g/mol. The number of carbonyl (C=O) groups excluding carboxylic acids is 1. The number of hydrogen-bond donors (Lipinski definition) is 1. The summed E-state index contributed by atoms with van der Waals surface area (Å²) in [7, 11) is 0. The van der Waals surface area contributed by atoms with Crippen molar-refractivity contribution in [3.05, 3.63) is 65.2 Å². The van der Waals surface area contributed by atoms with Crippen LogP contribution in [0, 0.1) is 6.92 Å². The Morgan fingerprint density at radius 3 is 2.59 bits per heavy atom. The van der Waals surface area contributed by atoms with E-state index in [1.54, 1.807) is 6.92 Å². The first kappa shape index (κ1) is 19.4. The molecule has 0 radical (unpaired) electrons. The molecule has 3 rings (SSSR count). The van der Waals surface area contributed by atoms with Crippen LogP contribution >= 0.6 is 0 Å². The Hall–Kier alpha value is -2.33. The second-order valence-electron chi connectivity index (χ2n) is 7.40. The summed E-state index contributed by atoms with van der Waals surface area (Å²) >= 11 is 0. The van der Waals surface area contributed by atoms with Crippen LogP contribution in [-0.4, -0.2) is 30.0 Å². The first-order valence-corrected chi connectivity index (χ1v) is 9.92. The average molecular weight is 367 g/mol. The predicted molar refractivity (Wildman–Crippen MR) is 109 cm³/mol. The van der Waals surface area contributed by atoms with Gasteiger partial charge in [-0.2, -0.15) is 0 Å². The molecule has 0 aromatic heterocycles. The van der Waals surface area contributed by atoms with Gasteiger partial charge in [-0.25, -0.2) is 0 Å². The normalized spacial score (nSPS) is 15.9. The van der Waals surface area contributed by atoms with Gasteiger partial charge >= 0.3 is 0 Å². The molecule has 4 nitrogen and oxygen atoms in total. The van der Waals surface area contributed by atoms with Gasteiger partial charge in [0.15, 0.2) is 6.10 Å². The van der Waals surface area contributed by atoms with E-state index < -0.39 is 6.10 Å². The Morgan fingerprint density at radius 2 is 1.81 bits per heavy atom. The summed E-state index contributed by atoms with van der Waals surface area (Å²) in [6.07, 6.45) is 3.43. The Morgan fingerprint density at radius 1 is 1.07 bits per heavy atom. The van der Waals surface area contributed by atoms with Crippen LogP contribution in [0.2, 0.25) is 0 Å². The minimum absolute atomic E-state index is 0.0975. The van der Waals surface area contributed by atoms with Gasteiger partial charge < -0.3 is 10.1 Å². The zero-order valence-electron chi connectivity index (χ0n) is 16.4. The highest BCUT2D eigenvalue weighted by Crippen LogP contribution is 2.18.